The lowest BCUT2D eigenvalue weighted by atomic mass is 9.87. The number of hydrogen-bond donors (Lipinski definition) is 5. The Morgan fingerprint density at radius 2 is 2.13 bits per heavy atom. The van der Waals surface area contributed by atoms with Crippen LogP contribution in [0, 0.1) is 0 Å². The molecule has 23 heavy (non-hydrogen) atoms. The van der Waals surface area contributed by atoms with E-state index in [9.17, 15) is 15.3 Å². The molecule has 2 aromatic rings. The number of hydrogen-bond acceptors (Lipinski definition) is 7. The molecule has 3 heterocycles. The van der Waals surface area contributed by atoms with Gasteiger partial charge in [-0.15, -0.1) is 0 Å². The summed E-state index contributed by atoms with van der Waals surface area (Å²) < 4.78 is 0. The first-order chi connectivity index (χ1) is 11.1. The molecular formula is C16H20N4O3. The molecule has 122 valence electrons. The van der Waals surface area contributed by atoms with Crippen LogP contribution in [0.1, 0.15) is 29.9 Å². The maximum absolute atomic E-state index is 10.7. The molecule has 0 spiro atoms. The molecule has 0 amide bonds. The summed E-state index contributed by atoms with van der Waals surface area (Å²) in [7, 11) is 0. The molecular weight excluding hydrogens is 296 g/mol. The Balaban J connectivity index is 2.19. The zero-order valence-corrected chi connectivity index (χ0v) is 12.7. The van der Waals surface area contributed by atoms with Crippen LogP contribution in [-0.4, -0.2) is 38.4 Å². The first kappa shape index (κ1) is 15.5. The maximum atomic E-state index is 10.7. The molecule has 1 fully saturated rings. The van der Waals surface area contributed by atoms with Gasteiger partial charge in [0.25, 0.3) is 0 Å². The summed E-state index contributed by atoms with van der Waals surface area (Å²) in [5.74, 6) is 0.0110. The van der Waals surface area contributed by atoms with Crippen molar-refractivity contribution < 1.29 is 15.3 Å². The van der Waals surface area contributed by atoms with Crippen LogP contribution in [0.15, 0.2) is 18.3 Å². The molecule has 2 aromatic heterocycles. The van der Waals surface area contributed by atoms with E-state index >= 15 is 0 Å². The highest BCUT2D eigenvalue weighted by atomic mass is 16.3. The minimum atomic E-state index is -0.299. The van der Waals surface area contributed by atoms with Gasteiger partial charge in [-0.3, -0.25) is 4.98 Å². The van der Waals surface area contributed by atoms with Crippen molar-refractivity contribution in [3.8, 4) is 22.9 Å². The van der Waals surface area contributed by atoms with Gasteiger partial charge in [0.15, 0.2) is 0 Å². The summed E-state index contributed by atoms with van der Waals surface area (Å²) in [5.41, 5.74) is 7.32. The van der Waals surface area contributed by atoms with Crippen molar-refractivity contribution in [1.29, 1.82) is 0 Å². The van der Waals surface area contributed by atoms with Gasteiger partial charge in [-0.25, -0.2) is 4.98 Å². The first-order valence-corrected chi connectivity index (χ1v) is 7.60. The Morgan fingerprint density at radius 3 is 2.78 bits per heavy atom. The summed E-state index contributed by atoms with van der Waals surface area (Å²) in [5, 5.41) is 33.7. The lowest BCUT2D eigenvalue weighted by Gasteiger charge is -2.27. The largest absolute Gasteiger partial charge is 0.506 e. The Bertz CT molecular complexity index is 715. The summed E-state index contributed by atoms with van der Waals surface area (Å²) in [6.07, 6.45) is 3.36. The summed E-state index contributed by atoms with van der Waals surface area (Å²) >= 11 is 0. The number of aromatic hydroxyl groups is 2. The Kier molecular flexibility index (Phi) is 4.31. The Labute approximate surface area is 133 Å². The standard InChI is InChI=1S/C16H20N4O3/c17-16-10(8-21)12(9-3-1-5-18-7-9)15(23)14(20-16)13-11(22)4-2-6-19-13/h2,4,6,9,18,21-23H,1,3,5,7-8H2,(H2,17,20). The van der Waals surface area contributed by atoms with Gasteiger partial charge in [0, 0.05) is 29.8 Å². The second-order valence-corrected chi connectivity index (χ2v) is 5.66. The Hall–Kier alpha value is -2.38. The molecule has 1 aliphatic heterocycles. The van der Waals surface area contributed by atoms with E-state index in [0.29, 0.717) is 17.7 Å². The van der Waals surface area contributed by atoms with E-state index in [1.54, 1.807) is 6.07 Å². The number of piperidine rings is 1. The number of aromatic nitrogens is 2. The third-order valence-electron chi connectivity index (χ3n) is 4.22. The highest BCUT2D eigenvalue weighted by Gasteiger charge is 2.27. The van der Waals surface area contributed by atoms with E-state index in [1.807, 2.05) is 0 Å². The molecule has 1 atom stereocenters. The van der Waals surface area contributed by atoms with Crippen LogP contribution < -0.4 is 11.1 Å². The van der Waals surface area contributed by atoms with Gasteiger partial charge < -0.3 is 26.4 Å². The highest BCUT2D eigenvalue weighted by molar-refractivity contribution is 5.73. The second-order valence-electron chi connectivity index (χ2n) is 5.66. The number of nitrogens with zero attached hydrogens (tertiary/aromatic N) is 2. The molecule has 6 N–H and O–H groups in total. The average molecular weight is 316 g/mol. The summed E-state index contributed by atoms with van der Waals surface area (Å²) in [4.78, 5) is 8.24. The SMILES string of the molecule is Nc1nc(-c2ncccc2O)c(O)c(C2CCCNC2)c1CO. The van der Waals surface area contributed by atoms with Crippen molar-refractivity contribution >= 4 is 5.82 Å². The Morgan fingerprint density at radius 1 is 1.30 bits per heavy atom. The molecule has 7 heteroatoms. The monoisotopic (exact) mass is 316 g/mol. The molecule has 1 aliphatic rings. The second kappa shape index (κ2) is 6.39. The zero-order chi connectivity index (χ0) is 16.4. The number of nitrogen functional groups attached to an aromatic ring is 1. The highest BCUT2D eigenvalue weighted by Crippen LogP contribution is 2.42. The van der Waals surface area contributed by atoms with E-state index in [2.05, 4.69) is 15.3 Å². The van der Waals surface area contributed by atoms with Crippen molar-refractivity contribution in [2.45, 2.75) is 25.4 Å². The van der Waals surface area contributed by atoms with Gasteiger partial charge in [0.2, 0.25) is 0 Å². The number of aliphatic hydroxyl groups is 1. The third-order valence-corrected chi connectivity index (χ3v) is 4.22. The molecule has 7 nitrogen and oxygen atoms in total. The van der Waals surface area contributed by atoms with Crippen LogP contribution in [0.3, 0.4) is 0 Å². The number of anilines is 1. The number of nitrogens with two attached hydrogens (primary N) is 1. The fourth-order valence-electron chi connectivity index (χ4n) is 3.10. The minimum Gasteiger partial charge on any atom is -0.506 e. The molecule has 1 unspecified atom stereocenters. The number of nitrogens with one attached hydrogen (secondary N) is 1. The normalized spacial score (nSPS) is 18.0. The molecule has 0 aliphatic carbocycles. The van der Waals surface area contributed by atoms with Gasteiger partial charge in [0.05, 0.1) is 6.61 Å². The topological polar surface area (TPSA) is 125 Å². The number of aliphatic hydroxyl groups excluding tert-OH is 1. The van der Waals surface area contributed by atoms with E-state index in [0.717, 1.165) is 19.4 Å². The average Bonchev–Trinajstić information content (AvgIpc) is 2.57. The van der Waals surface area contributed by atoms with Crippen molar-refractivity contribution in [2.75, 3.05) is 18.8 Å². The number of pyridine rings is 2. The van der Waals surface area contributed by atoms with Gasteiger partial charge >= 0.3 is 0 Å². The summed E-state index contributed by atoms with van der Waals surface area (Å²) in [6, 6.07) is 3.06. The molecule has 0 radical (unpaired) electrons. The van der Waals surface area contributed by atoms with E-state index in [1.165, 1.54) is 12.3 Å². The van der Waals surface area contributed by atoms with Crippen LogP contribution in [0.2, 0.25) is 0 Å². The molecule has 3 rings (SSSR count). The van der Waals surface area contributed by atoms with Crippen LogP contribution in [0.5, 0.6) is 11.5 Å². The predicted octanol–water partition coefficient (Wildman–Crippen LogP) is 1.10. The molecule has 0 saturated carbocycles. The molecule has 1 saturated heterocycles. The zero-order valence-electron chi connectivity index (χ0n) is 12.7. The van der Waals surface area contributed by atoms with Crippen molar-refractivity contribution in [3.05, 3.63) is 29.5 Å². The minimum absolute atomic E-state index is 0.0285. The van der Waals surface area contributed by atoms with Crippen LogP contribution in [0.4, 0.5) is 5.82 Å². The molecule has 0 aromatic carbocycles. The predicted molar refractivity (Wildman–Crippen MR) is 86.0 cm³/mol. The van der Waals surface area contributed by atoms with Gasteiger partial charge in [-0.1, -0.05) is 0 Å². The fourth-order valence-corrected chi connectivity index (χ4v) is 3.10. The third kappa shape index (κ3) is 2.80. The van der Waals surface area contributed by atoms with Crippen LogP contribution in [0.25, 0.3) is 11.4 Å². The van der Waals surface area contributed by atoms with Crippen molar-refractivity contribution in [3.63, 3.8) is 0 Å². The smallest absolute Gasteiger partial charge is 0.147 e. The fraction of sp³-hybridized carbons (Fsp3) is 0.375. The van der Waals surface area contributed by atoms with Crippen molar-refractivity contribution in [1.82, 2.24) is 15.3 Å². The van der Waals surface area contributed by atoms with E-state index in [-0.39, 0.29) is 41.2 Å². The number of rotatable bonds is 3. The lowest BCUT2D eigenvalue weighted by molar-refractivity contribution is 0.278. The van der Waals surface area contributed by atoms with Crippen molar-refractivity contribution in [2.24, 2.45) is 0 Å². The van der Waals surface area contributed by atoms with E-state index in [4.69, 9.17) is 5.73 Å². The summed E-state index contributed by atoms with van der Waals surface area (Å²) in [6.45, 7) is 1.32. The van der Waals surface area contributed by atoms with Crippen LogP contribution in [-0.2, 0) is 6.61 Å². The first-order valence-electron chi connectivity index (χ1n) is 7.60. The lowest BCUT2D eigenvalue weighted by Crippen LogP contribution is -2.29. The van der Waals surface area contributed by atoms with Gasteiger partial charge in [-0.2, -0.15) is 0 Å². The van der Waals surface area contributed by atoms with Crippen LogP contribution >= 0.6 is 0 Å². The molecule has 0 bridgehead atoms. The quantitative estimate of drug-likeness (QED) is 0.574. The van der Waals surface area contributed by atoms with Gasteiger partial charge in [-0.05, 0) is 31.5 Å². The van der Waals surface area contributed by atoms with Gasteiger partial charge in [0.1, 0.15) is 28.7 Å². The van der Waals surface area contributed by atoms with E-state index < -0.39 is 0 Å². The maximum Gasteiger partial charge on any atom is 0.147 e.